The average molecular weight is 380 g/mol. The van der Waals surface area contributed by atoms with E-state index in [-0.39, 0.29) is 6.04 Å². The summed E-state index contributed by atoms with van der Waals surface area (Å²) in [4.78, 5) is 4.36. The molecule has 3 rings (SSSR count). The van der Waals surface area contributed by atoms with Crippen LogP contribution in [0.2, 0.25) is 0 Å². The van der Waals surface area contributed by atoms with Gasteiger partial charge in [-0.1, -0.05) is 12.1 Å². The van der Waals surface area contributed by atoms with E-state index in [4.69, 9.17) is 0 Å². The number of rotatable bonds is 6. The van der Waals surface area contributed by atoms with E-state index < -0.39 is 0 Å². The smallest absolute Gasteiger partial charge is 0.191 e. The Morgan fingerprint density at radius 1 is 1.25 bits per heavy atom. The standard InChI is InChI=1S/C21H29N7/c1-15(12-20-16(2)26-27(5)17(20)3)25-21(22-4)23-14-18-8-6-9-19(13-18)28-11-7-10-24-28/h6-11,13,15H,12,14H2,1-5H3,(H2,22,23,25). The zero-order chi connectivity index (χ0) is 20.1. The monoisotopic (exact) mass is 379 g/mol. The van der Waals surface area contributed by atoms with Crippen molar-refractivity contribution in [2.75, 3.05) is 7.05 Å². The van der Waals surface area contributed by atoms with Crippen LogP contribution in [-0.4, -0.2) is 38.6 Å². The van der Waals surface area contributed by atoms with Crippen LogP contribution in [0.25, 0.3) is 5.69 Å². The highest BCUT2D eigenvalue weighted by molar-refractivity contribution is 5.80. The van der Waals surface area contributed by atoms with Crippen molar-refractivity contribution < 1.29 is 0 Å². The minimum Gasteiger partial charge on any atom is -0.354 e. The van der Waals surface area contributed by atoms with E-state index in [1.54, 1.807) is 13.2 Å². The van der Waals surface area contributed by atoms with Gasteiger partial charge in [0.15, 0.2) is 5.96 Å². The molecule has 0 aliphatic carbocycles. The van der Waals surface area contributed by atoms with Gasteiger partial charge in [0.25, 0.3) is 0 Å². The summed E-state index contributed by atoms with van der Waals surface area (Å²) in [6.45, 7) is 7.03. The summed E-state index contributed by atoms with van der Waals surface area (Å²) in [5.41, 5.74) is 5.81. The van der Waals surface area contributed by atoms with Crippen LogP contribution in [0.4, 0.5) is 0 Å². The Labute approximate surface area is 166 Å². The van der Waals surface area contributed by atoms with Crippen molar-refractivity contribution >= 4 is 5.96 Å². The van der Waals surface area contributed by atoms with E-state index in [1.807, 2.05) is 40.8 Å². The summed E-state index contributed by atoms with van der Waals surface area (Å²) >= 11 is 0. The Kier molecular flexibility index (Phi) is 6.13. The molecule has 1 aromatic carbocycles. The third-order valence-electron chi connectivity index (χ3n) is 4.92. The second kappa shape index (κ2) is 8.73. The SMILES string of the molecule is CN=C(NCc1cccc(-n2cccn2)c1)NC(C)Cc1c(C)nn(C)c1C. The predicted octanol–water partition coefficient (Wildman–Crippen LogP) is 2.52. The fraction of sp³-hybridized carbons (Fsp3) is 0.381. The highest BCUT2D eigenvalue weighted by Crippen LogP contribution is 2.14. The van der Waals surface area contributed by atoms with E-state index in [0.717, 1.165) is 23.8 Å². The van der Waals surface area contributed by atoms with Gasteiger partial charge in [0, 0.05) is 44.8 Å². The van der Waals surface area contributed by atoms with Crippen molar-refractivity contribution in [2.24, 2.45) is 12.0 Å². The number of hydrogen-bond acceptors (Lipinski definition) is 3. The molecule has 1 unspecified atom stereocenters. The number of aliphatic imine (C=N–C) groups is 1. The van der Waals surface area contributed by atoms with Crippen LogP contribution < -0.4 is 10.6 Å². The summed E-state index contributed by atoms with van der Waals surface area (Å²) in [7, 11) is 3.78. The van der Waals surface area contributed by atoms with E-state index in [1.165, 1.54) is 16.8 Å². The van der Waals surface area contributed by atoms with Crippen molar-refractivity contribution in [2.45, 2.75) is 39.8 Å². The number of aromatic nitrogens is 4. The summed E-state index contributed by atoms with van der Waals surface area (Å²) in [6.07, 6.45) is 4.63. The minimum atomic E-state index is 0.239. The normalized spacial score (nSPS) is 12.8. The Bertz CT molecular complexity index is 938. The molecule has 0 spiro atoms. The lowest BCUT2D eigenvalue weighted by atomic mass is 10.1. The molecule has 0 saturated heterocycles. The van der Waals surface area contributed by atoms with Gasteiger partial charge < -0.3 is 10.6 Å². The van der Waals surface area contributed by atoms with Gasteiger partial charge in [0.1, 0.15) is 0 Å². The zero-order valence-electron chi connectivity index (χ0n) is 17.3. The van der Waals surface area contributed by atoms with Crippen molar-refractivity contribution in [3.05, 3.63) is 65.2 Å². The molecule has 2 heterocycles. The van der Waals surface area contributed by atoms with Crippen LogP contribution in [0.15, 0.2) is 47.7 Å². The maximum absolute atomic E-state index is 4.50. The Morgan fingerprint density at radius 2 is 2.07 bits per heavy atom. The molecule has 7 nitrogen and oxygen atoms in total. The molecular formula is C21H29N7. The molecule has 1 atom stereocenters. The van der Waals surface area contributed by atoms with Gasteiger partial charge in [0.05, 0.1) is 11.4 Å². The Balaban J connectivity index is 1.58. The zero-order valence-corrected chi connectivity index (χ0v) is 17.3. The molecule has 0 saturated carbocycles. The number of guanidine groups is 1. The van der Waals surface area contributed by atoms with E-state index in [2.05, 4.69) is 58.7 Å². The molecule has 28 heavy (non-hydrogen) atoms. The molecular weight excluding hydrogens is 350 g/mol. The first-order valence-corrected chi connectivity index (χ1v) is 9.53. The van der Waals surface area contributed by atoms with Crippen LogP contribution in [0, 0.1) is 13.8 Å². The first-order chi connectivity index (χ1) is 13.5. The number of nitrogens with zero attached hydrogens (tertiary/aromatic N) is 5. The predicted molar refractivity (Wildman–Crippen MR) is 113 cm³/mol. The van der Waals surface area contributed by atoms with Crippen molar-refractivity contribution in [3.8, 4) is 5.69 Å². The third-order valence-corrected chi connectivity index (χ3v) is 4.92. The van der Waals surface area contributed by atoms with E-state index >= 15 is 0 Å². The lowest BCUT2D eigenvalue weighted by molar-refractivity contribution is 0.635. The highest BCUT2D eigenvalue weighted by Gasteiger charge is 2.14. The molecule has 0 bridgehead atoms. The number of benzene rings is 1. The second-order valence-corrected chi connectivity index (χ2v) is 7.07. The largest absolute Gasteiger partial charge is 0.354 e. The lowest BCUT2D eigenvalue weighted by Gasteiger charge is -2.18. The van der Waals surface area contributed by atoms with Gasteiger partial charge in [-0.05, 0) is 56.5 Å². The fourth-order valence-corrected chi connectivity index (χ4v) is 3.31. The summed E-state index contributed by atoms with van der Waals surface area (Å²) < 4.78 is 3.80. The fourth-order valence-electron chi connectivity index (χ4n) is 3.31. The topological polar surface area (TPSA) is 72.1 Å². The number of aryl methyl sites for hydroxylation is 2. The van der Waals surface area contributed by atoms with Gasteiger partial charge in [-0.3, -0.25) is 9.67 Å². The summed E-state index contributed by atoms with van der Waals surface area (Å²) in [5, 5.41) is 15.7. The van der Waals surface area contributed by atoms with Crippen molar-refractivity contribution in [1.29, 1.82) is 0 Å². The van der Waals surface area contributed by atoms with Gasteiger partial charge in [0.2, 0.25) is 0 Å². The second-order valence-electron chi connectivity index (χ2n) is 7.07. The van der Waals surface area contributed by atoms with Crippen LogP contribution in [0.3, 0.4) is 0 Å². The molecule has 2 N–H and O–H groups in total. The summed E-state index contributed by atoms with van der Waals surface area (Å²) in [5.74, 6) is 0.788. The molecule has 0 aliphatic rings. The molecule has 2 aromatic heterocycles. The maximum atomic E-state index is 4.50. The molecule has 3 aromatic rings. The van der Waals surface area contributed by atoms with Crippen molar-refractivity contribution in [1.82, 2.24) is 30.2 Å². The van der Waals surface area contributed by atoms with Crippen LogP contribution in [-0.2, 0) is 20.0 Å². The molecule has 0 radical (unpaired) electrons. The molecule has 0 amide bonds. The Morgan fingerprint density at radius 3 is 2.71 bits per heavy atom. The first kappa shape index (κ1) is 19.7. The minimum absolute atomic E-state index is 0.239. The van der Waals surface area contributed by atoms with E-state index in [9.17, 15) is 0 Å². The molecule has 0 aliphatic heterocycles. The maximum Gasteiger partial charge on any atom is 0.191 e. The quantitative estimate of drug-likeness (QED) is 0.510. The number of nitrogens with one attached hydrogen (secondary N) is 2. The van der Waals surface area contributed by atoms with E-state index in [0.29, 0.717) is 6.54 Å². The van der Waals surface area contributed by atoms with Gasteiger partial charge in [-0.15, -0.1) is 0 Å². The number of hydrogen-bond donors (Lipinski definition) is 2. The van der Waals surface area contributed by atoms with Crippen LogP contribution in [0.5, 0.6) is 0 Å². The van der Waals surface area contributed by atoms with Gasteiger partial charge in [-0.25, -0.2) is 4.68 Å². The molecule has 7 heteroatoms. The average Bonchev–Trinajstić information content (AvgIpc) is 3.30. The van der Waals surface area contributed by atoms with Gasteiger partial charge in [-0.2, -0.15) is 10.2 Å². The van der Waals surface area contributed by atoms with Crippen LogP contribution >= 0.6 is 0 Å². The van der Waals surface area contributed by atoms with Crippen molar-refractivity contribution in [3.63, 3.8) is 0 Å². The first-order valence-electron chi connectivity index (χ1n) is 9.53. The molecule has 0 fully saturated rings. The Hall–Kier alpha value is -3.09. The summed E-state index contributed by atoms with van der Waals surface area (Å²) in [6, 6.07) is 10.5. The third kappa shape index (κ3) is 4.60. The van der Waals surface area contributed by atoms with Gasteiger partial charge >= 0.3 is 0 Å². The lowest BCUT2D eigenvalue weighted by Crippen LogP contribution is -2.42. The highest BCUT2D eigenvalue weighted by atomic mass is 15.3. The molecule has 148 valence electrons. The van der Waals surface area contributed by atoms with Crippen LogP contribution in [0.1, 0.15) is 29.4 Å².